The summed E-state index contributed by atoms with van der Waals surface area (Å²) in [5.74, 6) is 1.84. The minimum absolute atomic E-state index is 0.475. The molecule has 1 aliphatic rings. The molecule has 1 nitrogen and oxygen atoms in total. The van der Waals surface area contributed by atoms with E-state index in [-0.39, 0.29) is 0 Å². The fourth-order valence-corrected chi connectivity index (χ4v) is 3.08. The van der Waals surface area contributed by atoms with Crippen molar-refractivity contribution in [3.05, 3.63) is 33.4 Å². The lowest BCUT2D eigenvalue weighted by molar-refractivity contribution is 0.440. The van der Waals surface area contributed by atoms with Crippen LogP contribution >= 0.6 is 22.6 Å². The summed E-state index contributed by atoms with van der Waals surface area (Å²) < 4.78 is 1.31. The van der Waals surface area contributed by atoms with Crippen molar-refractivity contribution in [3.8, 4) is 0 Å². The van der Waals surface area contributed by atoms with Gasteiger partial charge in [-0.15, -0.1) is 0 Å². The molecule has 1 aliphatic carbocycles. The first kappa shape index (κ1) is 13.3. The first-order valence-electron chi connectivity index (χ1n) is 6.64. The topological polar surface area (TPSA) is 12.0 Å². The smallest absolute Gasteiger partial charge is 0.0291 e. The van der Waals surface area contributed by atoms with Crippen LogP contribution < -0.4 is 5.32 Å². The summed E-state index contributed by atoms with van der Waals surface area (Å²) in [5.41, 5.74) is 1.40. The van der Waals surface area contributed by atoms with E-state index in [2.05, 4.69) is 66.0 Å². The molecule has 0 saturated heterocycles. The summed E-state index contributed by atoms with van der Waals surface area (Å²) >= 11 is 2.35. The molecule has 2 heteroatoms. The number of nitrogens with one attached hydrogen (secondary N) is 1. The van der Waals surface area contributed by atoms with Crippen molar-refractivity contribution < 1.29 is 0 Å². The molecule has 0 aliphatic heterocycles. The predicted octanol–water partition coefficient (Wildman–Crippen LogP) is 4.38. The van der Waals surface area contributed by atoms with Crippen LogP contribution in [0.5, 0.6) is 0 Å². The van der Waals surface area contributed by atoms with Crippen molar-refractivity contribution in [2.75, 3.05) is 6.54 Å². The second-order valence-corrected chi connectivity index (χ2v) is 6.71. The average Bonchev–Trinajstić information content (AvgIpc) is 2.73. The molecule has 1 fully saturated rings. The second kappa shape index (κ2) is 6.19. The molecular weight excluding hydrogens is 321 g/mol. The number of hydrogen-bond acceptors (Lipinski definition) is 1. The minimum Gasteiger partial charge on any atom is -0.310 e. The number of halogens is 1. The average molecular weight is 343 g/mol. The Hall–Kier alpha value is -0.0900. The van der Waals surface area contributed by atoms with Crippen LogP contribution in [-0.2, 0) is 0 Å². The van der Waals surface area contributed by atoms with Crippen molar-refractivity contribution in [2.45, 2.75) is 39.2 Å². The van der Waals surface area contributed by atoms with Crippen molar-refractivity contribution in [2.24, 2.45) is 11.8 Å². The first-order valence-corrected chi connectivity index (χ1v) is 7.72. The van der Waals surface area contributed by atoms with Gasteiger partial charge in [0, 0.05) is 9.61 Å². The van der Waals surface area contributed by atoms with Gasteiger partial charge in [0.1, 0.15) is 0 Å². The Labute approximate surface area is 119 Å². The summed E-state index contributed by atoms with van der Waals surface area (Å²) in [5, 5.41) is 3.68. The van der Waals surface area contributed by atoms with Gasteiger partial charge < -0.3 is 5.32 Å². The number of benzene rings is 1. The Morgan fingerprint density at radius 1 is 1.29 bits per heavy atom. The highest BCUT2D eigenvalue weighted by atomic mass is 127. The lowest BCUT2D eigenvalue weighted by Gasteiger charge is -2.17. The molecule has 0 aromatic heterocycles. The van der Waals surface area contributed by atoms with Gasteiger partial charge in [-0.3, -0.25) is 0 Å². The molecule has 0 bridgehead atoms. The van der Waals surface area contributed by atoms with Crippen molar-refractivity contribution in [3.63, 3.8) is 0 Å². The van der Waals surface area contributed by atoms with Crippen molar-refractivity contribution in [1.82, 2.24) is 5.32 Å². The summed E-state index contributed by atoms with van der Waals surface area (Å²) in [6, 6.07) is 9.31. The standard InChI is InChI=1S/C15H22IN/c1-11-3-4-13(9-11)10-17-12(2)14-5-7-15(16)8-6-14/h5-8,11-13,17H,3-4,9-10H2,1-2H3. The number of hydrogen-bond donors (Lipinski definition) is 1. The van der Waals surface area contributed by atoms with Gasteiger partial charge in [0.05, 0.1) is 0 Å². The molecule has 0 amide bonds. The van der Waals surface area contributed by atoms with Gasteiger partial charge in [0.25, 0.3) is 0 Å². The van der Waals surface area contributed by atoms with Gasteiger partial charge in [-0.05, 0) is 78.4 Å². The normalized spacial score (nSPS) is 26.1. The third-order valence-electron chi connectivity index (χ3n) is 3.89. The molecule has 3 atom stereocenters. The van der Waals surface area contributed by atoms with E-state index < -0.39 is 0 Å². The fraction of sp³-hybridized carbons (Fsp3) is 0.600. The highest BCUT2D eigenvalue weighted by Gasteiger charge is 2.21. The molecule has 94 valence electrons. The van der Waals surface area contributed by atoms with Crippen LogP contribution in [0.3, 0.4) is 0 Å². The van der Waals surface area contributed by atoms with Gasteiger partial charge in [0.15, 0.2) is 0 Å². The van der Waals surface area contributed by atoms with Crippen LogP contribution in [-0.4, -0.2) is 6.54 Å². The Kier molecular flexibility index (Phi) is 4.86. The molecule has 0 heterocycles. The lowest BCUT2D eigenvalue weighted by atomic mass is 10.0. The number of rotatable bonds is 4. The maximum atomic E-state index is 3.68. The van der Waals surface area contributed by atoms with Gasteiger partial charge >= 0.3 is 0 Å². The zero-order valence-corrected chi connectivity index (χ0v) is 12.9. The van der Waals surface area contributed by atoms with Gasteiger partial charge in [-0.25, -0.2) is 0 Å². The Morgan fingerprint density at radius 3 is 2.59 bits per heavy atom. The molecule has 17 heavy (non-hydrogen) atoms. The zero-order valence-electron chi connectivity index (χ0n) is 10.7. The van der Waals surface area contributed by atoms with Gasteiger partial charge in [-0.2, -0.15) is 0 Å². The van der Waals surface area contributed by atoms with Crippen LogP contribution in [0.2, 0.25) is 0 Å². The molecular formula is C15H22IN. The summed E-state index contributed by atoms with van der Waals surface area (Å²) in [6.07, 6.45) is 4.24. The van der Waals surface area contributed by atoms with Crippen LogP contribution in [0.4, 0.5) is 0 Å². The Balaban J connectivity index is 1.81. The molecule has 0 radical (unpaired) electrons. The van der Waals surface area contributed by atoms with E-state index in [9.17, 15) is 0 Å². The first-order chi connectivity index (χ1) is 8.15. The van der Waals surface area contributed by atoms with E-state index >= 15 is 0 Å². The minimum atomic E-state index is 0.475. The summed E-state index contributed by atoms with van der Waals surface area (Å²) in [4.78, 5) is 0. The second-order valence-electron chi connectivity index (χ2n) is 5.47. The van der Waals surface area contributed by atoms with E-state index in [1.54, 1.807) is 0 Å². The molecule has 3 unspecified atom stereocenters. The summed E-state index contributed by atoms with van der Waals surface area (Å²) in [6.45, 7) is 5.82. The fourth-order valence-electron chi connectivity index (χ4n) is 2.72. The van der Waals surface area contributed by atoms with Crippen LogP contribution in [0.15, 0.2) is 24.3 Å². The quantitative estimate of drug-likeness (QED) is 0.800. The zero-order chi connectivity index (χ0) is 12.3. The predicted molar refractivity (Wildman–Crippen MR) is 82.1 cm³/mol. The highest BCUT2D eigenvalue weighted by molar-refractivity contribution is 14.1. The maximum absolute atomic E-state index is 3.68. The Bertz CT molecular complexity index is 346. The SMILES string of the molecule is CC1CCC(CNC(C)c2ccc(I)cc2)C1. The Morgan fingerprint density at radius 2 is 2.00 bits per heavy atom. The molecule has 1 N–H and O–H groups in total. The van der Waals surface area contributed by atoms with E-state index in [0.29, 0.717) is 6.04 Å². The largest absolute Gasteiger partial charge is 0.310 e. The van der Waals surface area contributed by atoms with Crippen LogP contribution in [0.25, 0.3) is 0 Å². The summed E-state index contributed by atoms with van der Waals surface area (Å²) in [7, 11) is 0. The van der Waals surface area contributed by atoms with E-state index in [4.69, 9.17) is 0 Å². The molecule has 2 rings (SSSR count). The van der Waals surface area contributed by atoms with E-state index in [1.807, 2.05) is 0 Å². The molecule has 0 spiro atoms. The molecule has 1 saturated carbocycles. The lowest BCUT2D eigenvalue weighted by Crippen LogP contribution is -2.24. The van der Waals surface area contributed by atoms with Crippen LogP contribution in [0, 0.1) is 15.4 Å². The van der Waals surface area contributed by atoms with Crippen LogP contribution in [0.1, 0.15) is 44.7 Å². The third kappa shape index (κ3) is 3.95. The van der Waals surface area contributed by atoms with Crippen molar-refractivity contribution in [1.29, 1.82) is 0 Å². The van der Waals surface area contributed by atoms with E-state index in [0.717, 1.165) is 11.8 Å². The van der Waals surface area contributed by atoms with Gasteiger partial charge in [0.2, 0.25) is 0 Å². The highest BCUT2D eigenvalue weighted by Crippen LogP contribution is 2.30. The molecule has 1 aromatic rings. The monoisotopic (exact) mass is 343 g/mol. The van der Waals surface area contributed by atoms with E-state index in [1.165, 1.54) is 34.9 Å². The van der Waals surface area contributed by atoms with Gasteiger partial charge in [-0.1, -0.05) is 25.5 Å². The maximum Gasteiger partial charge on any atom is 0.0291 e. The third-order valence-corrected chi connectivity index (χ3v) is 4.61. The van der Waals surface area contributed by atoms with Crippen molar-refractivity contribution >= 4 is 22.6 Å². The molecule has 1 aromatic carbocycles.